The summed E-state index contributed by atoms with van der Waals surface area (Å²) in [5.74, 6) is -1.48. The van der Waals surface area contributed by atoms with Gasteiger partial charge >= 0.3 is 5.97 Å². The van der Waals surface area contributed by atoms with Crippen molar-refractivity contribution >= 4 is 11.9 Å². The molecule has 0 aromatic carbocycles. The topological polar surface area (TPSA) is 60.9 Å². The van der Waals surface area contributed by atoms with Crippen LogP contribution < -0.4 is 0 Å². The maximum Gasteiger partial charge on any atom is 0.307 e. The standard InChI is InChI=1S/C14H24N2O3/c1-15(2)10-6-8-16(9-7-10)13(17)11-4-3-5-12(11)14(18)19/h10-12H,3-9H2,1-2H3,(H,18,19). The first kappa shape index (κ1) is 14.3. The minimum absolute atomic E-state index is 0.0714. The summed E-state index contributed by atoms with van der Waals surface area (Å²) < 4.78 is 0. The Labute approximate surface area is 114 Å². The molecule has 2 rings (SSSR count). The van der Waals surface area contributed by atoms with Gasteiger partial charge in [0.1, 0.15) is 0 Å². The third-order valence-corrected chi connectivity index (χ3v) is 4.66. The Hall–Kier alpha value is -1.10. The maximum atomic E-state index is 12.4. The lowest BCUT2D eigenvalue weighted by molar-refractivity contribution is -0.149. The van der Waals surface area contributed by atoms with Crippen molar-refractivity contribution in [3.05, 3.63) is 0 Å². The summed E-state index contributed by atoms with van der Waals surface area (Å²) in [5, 5.41) is 9.17. The summed E-state index contributed by atoms with van der Waals surface area (Å²) in [4.78, 5) is 27.7. The van der Waals surface area contributed by atoms with Gasteiger partial charge in [-0.25, -0.2) is 0 Å². The number of piperidine rings is 1. The molecular formula is C14H24N2O3. The summed E-state index contributed by atoms with van der Waals surface area (Å²) in [6.07, 6.45) is 4.23. The minimum atomic E-state index is -0.806. The van der Waals surface area contributed by atoms with E-state index in [2.05, 4.69) is 19.0 Å². The molecule has 1 N–H and O–H groups in total. The van der Waals surface area contributed by atoms with E-state index in [1.54, 1.807) is 0 Å². The van der Waals surface area contributed by atoms with Crippen molar-refractivity contribution in [2.75, 3.05) is 27.2 Å². The molecule has 2 unspecified atom stereocenters. The monoisotopic (exact) mass is 268 g/mol. The van der Waals surface area contributed by atoms with Gasteiger partial charge in [-0.2, -0.15) is 0 Å². The number of nitrogens with zero attached hydrogens (tertiary/aromatic N) is 2. The number of hydrogen-bond acceptors (Lipinski definition) is 3. The smallest absolute Gasteiger partial charge is 0.307 e. The third-order valence-electron chi connectivity index (χ3n) is 4.66. The molecule has 0 radical (unpaired) electrons. The van der Waals surface area contributed by atoms with Crippen LogP contribution in [-0.4, -0.2) is 60.0 Å². The van der Waals surface area contributed by atoms with Crippen molar-refractivity contribution in [1.82, 2.24) is 9.80 Å². The zero-order chi connectivity index (χ0) is 14.0. The molecule has 1 heterocycles. The van der Waals surface area contributed by atoms with Crippen LogP contribution in [0.5, 0.6) is 0 Å². The molecule has 1 saturated heterocycles. The van der Waals surface area contributed by atoms with Crippen molar-refractivity contribution < 1.29 is 14.7 Å². The van der Waals surface area contributed by atoms with Crippen LogP contribution >= 0.6 is 0 Å². The Morgan fingerprint density at radius 3 is 2.16 bits per heavy atom. The Bertz CT molecular complexity index is 349. The predicted octanol–water partition coefficient (Wildman–Crippen LogP) is 1.04. The van der Waals surface area contributed by atoms with Crippen LogP contribution in [0.2, 0.25) is 0 Å². The first-order chi connectivity index (χ1) is 9.00. The zero-order valence-corrected chi connectivity index (χ0v) is 11.8. The highest BCUT2D eigenvalue weighted by molar-refractivity contribution is 5.85. The molecule has 19 heavy (non-hydrogen) atoms. The quantitative estimate of drug-likeness (QED) is 0.831. The lowest BCUT2D eigenvalue weighted by Gasteiger charge is -2.36. The summed E-state index contributed by atoms with van der Waals surface area (Å²) in [7, 11) is 4.14. The molecule has 1 saturated carbocycles. The summed E-state index contributed by atoms with van der Waals surface area (Å²) in [6, 6.07) is 0.544. The van der Waals surface area contributed by atoms with Gasteiger partial charge in [-0.05, 0) is 39.8 Å². The van der Waals surface area contributed by atoms with Crippen molar-refractivity contribution in [2.45, 2.75) is 38.1 Å². The molecule has 0 bridgehead atoms. The second-order valence-corrected chi connectivity index (χ2v) is 6.00. The van der Waals surface area contributed by atoms with E-state index in [0.717, 1.165) is 38.8 Å². The number of rotatable bonds is 3. The molecule has 1 aliphatic heterocycles. The zero-order valence-electron chi connectivity index (χ0n) is 11.8. The molecule has 5 heteroatoms. The van der Waals surface area contributed by atoms with Crippen molar-refractivity contribution in [3.63, 3.8) is 0 Å². The summed E-state index contributed by atoms with van der Waals surface area (Å²) in [5.41, 5.74) is 0. The molecule has 0 aromatic rings. The van der Waals surface area contributed by atoms with E-state index < -0.39 is 11.9 Å². The SMILES string of the molecule is CN(C)C1CCN(C(=O)C2CCCC2C(=O)O)CC1. The predicted molar refractivity (Wildman–Crippen MR) is 71.8 cm³/mol. The average molecular weight is 268 g/mol. The average Bonchev–Trinajstić information content (AvgIpc) is 2.87. The second-order valence-electron chi connectivity index (χ2n) is 6.00. The lowest BCUT2D eigenvalue weighted by Crippen LogP contribution is -2.47. The molecule has 1 amide bonds. The molecule has 2 atom stereocenters. The van der Waals surface area contributed by atoms with Gasteiger partial charge in [-0.1, -0.05) is 6.42 Å². The largest absolute Gasteiger partial charge is 0.481 e. The van der Waals surface area contributed by atoms with Gasteiger partial charge in [-0.15, -0.1) is 0 Å². The Morgan fingerprint density at radius 2 is 1.63 bits per heavy atom. The van der Waals surface area contributed by atoms with Crippen molar-refractivity contribution in [1.29, 1.82) is 0 Å². The van der Waals surface area contributed by atoms with Crippen LogP contribution in [0.3, 0.4) is 0 Å². The Balaban J connectivity index is 1.92. The number of carboxylic acids is 1. The summed E-state index contributed by atoms with van der Waals surface area (Å²) >= 11 is 0. The first-order valence-corrected chi connectivity index (χ1v) is 7.18. The van der Waals surface area contributed by atoms with Crippen LogP contribution in [-0.2, 0) is 9.59 Å². The third kappa shape index (κ3) is 3.08. The highest BCUT2D eigenvalue weighted by atomic mass is 16.4. The number of likely N-dealkylation sites (tertiary alicyclic amines) is 1. The molecule has 5 nitrogen and oxygen atoms in total. The molecule has 108 valence electrons. The molecule has 0 spiro atoms. The summed E-state index contributed by atoms with van der Waals surface area (Å²) in [6.45, 7) is 1.54. The molecule has 2 fully saturated rings. The van der Waals surface area contributed by atoms with E-state index in [-0.39, 0.29) is 11.8 Å². The number of aliphatic carboxylic acids is 1. The fourth-order valence-electron chi connectivity index (χ4n) is 3.39. The number of carbonyl (C=O) groups excluding carboxylic acids is 1. The Kier molecular flexibility index (Phi) is 4.45. The van der Waals surface area contributed by atoms with Gasteiger partial charge in [0.25, 0.3) is 0 Å². The number of carboxylic acid groups (broad SMARTS) is 1. The van der Waals surface area contributed by atoms with Crippen LogP contribution in [0.25, 0.3) is 0 Å². The van der Waals surface area contributed by atoms with Gasteiger partial charge in [0.2, 0.25) is 5.91 Å². The fraction of sp³-hybridized carbons (Fsp3) is 0.857. The molecule has 1 aliphatic carbocycles. The molecule has 2 aliphatic rings. The second kappa shape index (κ2) is 5.90. The maximum absolute atomic E-state index is 12.4. The van der Waals surface area contributed by atoms with Crippen molar-refractivity contribution in [3.8, 4) is 0 Å². The fourth-order valence-corrected chi connectivity index (χ4v) is 3.39. The van der Waals surface area contributed by atoms with E-state index in [1.165, 1.54) is 0 Å². The first-order valence-electron chi connectivity index (χ1n) is 7.18. The van der Waals surface area contributed by atoms with E-state index in [0.29, 0.717) is 12.5 Å². The number of hydrogen-bond donors (Lipinski definition) is 1. The lowest BCUT2D eigenvalue weighted by atomic mass is 9.93. The number of carbonyl (C=O) groups is 2. The van der Waals surface area contributed by atoms with Crippen molar-refractivity contribution in [2.24, 2.45) is 11.8 Å². The van der Waals surface area contributed by atoms with Gasteiger partial charge < -0.3 is 14.9 Å². The van der Waals surface area contributed by atoms with E-state index >= 15 is 0 Å². The highest BCUT2D eigenvalue weighted by Gasteiger charge is 2.40. The normalized spacial score (nSPS) is 28.9. The van der Waals surface area contributed by atoms with Crippen LogP contribution in [0.15, 0.2) is 0 Å². The van der Waals surface area contributed by atoms with Gasteiger partial charge in [0, 0.05) is 19.1 Å². The van der Waals surface area contributed by atoms with E-state index in [4.69, 9.17) is 5.11 Å². The van der Waals surface area contributed by atoms with Crippen LogP contribution in [0.1, 0.15) is 32.1 Å². The molecule has 0 aromatic heterocycles. The highest BCUT2D eigenvalue weighted by Crippen LogP contribution is 2.34. The van der Waals surface area contributed by atoms with Gasteiger partial charge in [0.05, 0.1) is 11.8 Å². The Morgan fingerprint density at radius 1 is 1.05 bits per heavy atom. The van der Waals surface area contributed by atoms with Crippen LogP contribution in [0.4, 0.5) is 0 Å². The van der Waals surface area contributed by atoms with E-state index in [9.17, 15) is 9.59 Å². The van der Waals surface area contributed by atoms with Gasteiger partial charge in [0.15, 0.2) is 0 Å². The van der Waals surface area contributed by atoms with Gasteiger partial charge in [-0.3, -0.25) is 9.59 Å². The molecular weight excluding hydrogens is 244 g/mol. The van der Waals surface area contributed by atoms with Crippen LogP contribution in [0, 0.1) is 11.8 Å². The minimum Gasteiger partial charge on any atom is -0.481 e. The number of amides is 1. The van der Waals surface area contributed by atoms with E-state index in [1.807, 2.05) is 4.90 Å².